The summed E-state index contributed by atoms with van der Waals surface area (Å²) in [6.45, 7) is 4.01. The largest absolute Gasteiger partial charge is 0.468 e. The zero-order chi connectivity index (χ0) is 15.2. The van der Waals surface area contributed by atoms with Crippen LogP contribution in [0.15, 0.2) is 40.2 Å². The number of methoxy groups -OCH3 is 1. The van der Waals surface area contributed by atoms with E-state index in [9.17, 15) is 9.59 Å². The summed E-state index contributed by atoms with van der Waals surface area (Å²) in [5, 5.41) is 0. The van der Waals surface area contributed by atoms with Crippen LogP contribution in [0.5, 0.6) is 0 Å². The molecule has 2 atom stereocenters. The maximum Gasteiger partial charge on any atom is 0.320 e. The van der Waals surface area contributed by atoms with Gasteiger partial charge in [-0.05, 0) is 37.8 Å². The average Bonchev–Trinajstić information content (AvgIpc) is 2.45. The molecule has 0 unspecified atom stereocenters. The average molecular weight is 285 g/mol. The van der Waals surface area contributed by atoms with Crippen molar-refractivity contribution in [1.29, 1.82) is 0 Å². The van der Waals surface area contributed by atoms with E-state index in [4.69, 9.17) is 4.74 Å². The Morgan fingerprint density at radius 3 is 2.90 bits per heavy atom. The molecule has 0 amide bonds. The highest BCUT2D eigenvalue weighted by molar-refractivity contribution is 5.89. The maximum atomic E-state index is 12.7. The van der Waals surface area contributed by atoms with Gasteiger partial charge in [0.05, 0.1) is 7.11 Å². The van der Waals surface area contributed by atoms with Crippen LogP contribution in [-0.2, 0) is 21.4 Å². The zero-order valence-electron chi connectivity index (χ0n) is 12.5. The second kappa shape index (κ2) is 4.72. The number of pyridine rings is 1. The summed E-state index contributed by atoms with van der Waals surface area (Å²) in [6.07, 6.45) is 5.55. The molecule has 0 radical (unpaired) electrons. The Morgan fingerprint density at radius 2 is 2.24 bits per heavy atom. The lowest BCUT2D eigenvalue weighted by molar-refractivity contribution is -0.146. The van der Waals surface area contributed by atoms with E-state index in [0.717, 1.165) is 23.3 Å². The quantitative estimate of drug-likeness (QED) is 0.636. The van der Waals surface area contributed by atoms with E-state index < -0.39 is 5.41 Å². The molecule has 4 heteroatoms. The van der Waals surface area contributed by atoms with Crippen LogP contribution in [0.4, 0.5) is 0 Å². The first kappa shape index (κ1) is 13.9. The third-order valence-corrected chi connectivity index (χ3v) is 4.65. The van der Waals surface area contributed by atoms with Crippen molar-refractivity contribution in [3.8, 4) is 0 Å². The van der Waals surface area contributed by atoms with Crippen LogP contribution >= 0.6 is 0 Å². The molecule has 21 heavy (non-hydrogen) atoms. The number of aromatic amines is 1. The van der Waals surface area contributed by atoms with Crippen LogP contribution in [0.2, 0.25) is 0 Å². The third-order valence-electron chi connectivity index (χ3n) is 4.65. The van der Waals surface area contributed by atoms with Gasteiger partial charge >= 0.3 is 5.97 Å². The molecule has 2 bridgehead atoms. The number of esters is 1. The van der Waals surface area contributed by atoms with Gasteiger partial charge in [0, 0.05) is 17.7 Å². The first-order valence-electron chi connectivity index (χ1n) is 7.18. The van der Waals surface area contributed by atoms with Gasteiger partial charge < -0.3 is 9.72 Å². The molecule has 4 nitrogen and oxygen atoms in total. The summed E-state index contributed by atoms with van der Waals surface area (Å²) in [5.74, 6) is -0.102. The minimum absolute atomic E-state index is 0.128. The molecule has 0 aromatic carbocycles. The Kier molecular flexibility index (Phi) is 3.12. The fraction of sp³-hybridized carbons (Fsp3) is 0.412. The van der Waals surface area contributed by atoms with E-state index in [1.165, 1.54) is 18.7 Å². The van der Waals surface area contributed by atoms with E-state index in [2.05, 4.69) is 11.1 Å². The van der Waals surface area contributed by atoms with Crippen molar-refractivity contribution in [3.05, 3.63) is 57.0 Å². The fourth-order valence-electron chi connectivity index (χ4n) is 3.98. The van der Waals surface area contributed by atoms with Crippen LogP contribution in [-0.4, -0.2) is 18.1 Å². The second-order valence-corrected chi connectivity index (χ2v) is 5.86. The lowest BCUT2D eigenvalue weighted by atomic mass is 9.58. The Labute approximate surface area is 123 Å². The summed E-state index contributed by atoms with van der Waals surface area (Å²) in [5.41, 5.74) is 3.09. The number of ether oxygens (including phenoxy) is 1. The highest BCUT2D eigenvalue weighted by atomic mass is 16.5. The number of allylic oxidation sites excluding steroid dienone is 3. The van der Waals surface area contributed by atoms with E-state index in [1.54, 1.807) is 6.07 Å². The van der Waals surface area contributed by atoms with Crippen molar-refractivity contribution in [2.24, 2.45) is 5.92 Å². The molecule has 0 fully saturated rings. The normalized spacial score (nSPS) is 28.8. The molecule has 0 saturated heterocycles. The van der Waals surface area contributed by atoms with E-state index in [0.29, 0.717) is 6.42 Å². The molecular weight excluding hydrogens is 266 g/mol. The van der Waals surface area contributed by atoms with Crippen LogP contribution in [0, 0.1) is 5.92 Å². The smallest absolute Gasteiger partial charge is 0.320 e. The van der Waals surface area contributed by atoms with Gasteiger partial charge in [-0.25, -0.2) is 0 Å². The van der Waals surface area contributed by atoms with Gasteiger partial charge in [0.25, 0.3) is 0 Å². The van der Waals surface area contributed by atoms with Crippen molar-refractivity contribution in [1.82, 2.24) is 4.98 Å². The van der Waals surface area contributed by atoms with Gasteiger partial charge in [-0.1, -0.05) is 23.8 Å². The Hall–Kier alpha value is -2.10. The second-order valence-electron chi connectivity index (χ2n) is 5.86. The van der Waals surface area contributed by atoms with Gasteiger partial charge in [-0.2, -0.15) is 0 Å². The van der Waals surface area contributed by atoms with E-state index in [1.807, 2.05) is 19.9 Å². The summed E-state index contributed by atoms with van der Waals surface area (Å²) < 4.78 is 5.13. The molecule has 0 aliphatic heterocycles. The van der Waals surface area contributed by atoms with Gasteiger partial charge in [-0.3, -0.25) is 9.59 Å². The van der Waals surface area contributed by atoms with Crippen LogP contribution in [0.3, 0.4) is 0 Å². The van der Waals surface area contributed by atoms with Crippen molar-refractivity contribution in [2.45, 2.75) is 32.1 Å². The van der Waals surface area contributed by atoms with E-state index >= 15 is 0 Å². The molecule has 3 rings (SSSR count). The predicted octanol–water partition coefficient (Wildman–Crippen LogP) is 2.25. The number of nitrogens with one attached hydrogen (secondary N) is 1. The molecular formula is C17H19NO3. The molecule has 1 aromatic heterocycles. The van der Waals surface area contributed by atoms with Crippen molar-refractivity contribution >= 4 is 5.97 Å². The minimum atomic E-state index is -0.787. The number of carbonyl (C=O) groups is 1. The number of hydrogen-bond donors (Lipinski definition) is 1. The van der Waals surface area contributed by atoms with Crippen molar-refractivity contribution in [2.75, 3.05) is 7.11 Å². The summed E-state index contributed by atoms with van der Waals surface area (Å²) in [4.78, 5) is 27.2. The first-order valence-corrected chi connectivity index (χ1v) is 7.18. The van der Waals surface area contributed by atoms with Crippen LogP contribution < -0.4 is 5.56 Å². The number of rotatable bonds is 1. The molecule has 0 saturated carbocycles. The maximum absolute atomic E-state index is 12.7. The van der Waals surface area contributed by atoms with Crippen LogP contribution in [0.1, 0.15) is 31.5 Å². The lowest BCUT2D eigenvalue weighted by Crippen LogP contribution is -2.48. The molecule has 1 heterocycles. The molecule has 0 spiro atoms. The highest BCUT2D eigenvalue weighted by Crippen LogP contribution is 2.51. The number of fused-ring (bicyclic) bond motifs is 4. The summed E-state index contributed by atoms with van der Waals surface area (Å²) in [7, 11) is 1.42. The monoisotopic (exact) mass is 285 g/mol. The van der Waals surface area contributed by atoms with E-state index in [-0.39, 0.29) is 17.4 Å². The highest BCUT2D eigenvalue weighted by Gasteiger charge is 2.52. The fourth-order valence-corrected chi connectivity index (χ4v) is 3.98. The summed E-state index contributed by atoms with van der Waals surface area (Å²) >= 11 is 0. The molecule has 2 aliphatic carbocycles. The Bertz CT molecular complexity index is 726. The minimum Gasteiger partial charge on any atom is -0.468 e. The molecule has 1 aromatic rings. The standard InChI is InChI=1S/C17H19NO3/c1-4-12-11-7-10(2)9-17(12,16(20)21-3)13-5-6-15(19)18-14(13)8-11/h4-7,11H,8-9H2,1-3H3,(H,18,19)/t11-,17+/m0/s1. The molecule has 1 N–H and O–H groups in total. The first-order chi connectivity index (χ1) is 10.0. The predicted molar refractivity (Wildman–Crippen MR) is 80.1 cm³/mol. The number of H-pyrrole nitrogens is 1. The van der Waals surface area contributed by atoms with Gasteiger partial charge in [0.1, 0.15) is 5.41 Å². The topological polar surface area (TPSA) is 59.2 Å². The molecule has 110 valence electrons. The van der Waals surface area contributed by atoms with Gasteiger partial charge in [0.2, 0.25) is 5.56 Å². The Balaban J connectivity index is 2.35. The van der Waals surface area contributed by atoms with Crippen molar-refractivity contribution in [3.63, 3.8) is 0 Å². The number of carbonyl (C=O) groups excluding carboxylic acids is 1. The number of aromatic nitrogens is 1. The SMILES string of the molecule is CC=C1[C@H]2C=C(C)C[C@]1(C(=O)OC)c1ccc(=O)[nH]c1C2. The summed E-state index contributed by atoms with van der Waals surface area (Å²) in [6, 6.07) is 3.27. The van der Waals surface area contributed by atoms with Crippen LogP contribution in [0.25, 0.3) is 0 Å². The van der Waals surface area contributed by atoms with Gasteiger partial charge in [-0.15, -0.1) is 0 Å². The lowest BCUT2D eigenvalue weighted by Gasteiger charge is -2.45. The molecule has 2 aliphatic rings. The van der Waals surface area contributed by atoms with Crippen molar-refractivity contribution < 1.29 is 9.53 Å². The zero-order valence-corrected chi connectivity index (χ0v) is 12.5. The number of hydrogen-bond acceptors (Lipinski definition) is 3. The third kappa shape index (κ3) is 1.82. The van der Waals surface area contributed by atoms with Gasteiger partial charge in [0.15, 0.2) is 0 Å². The Morgan fingerprint density at radius 1 is 1.48 bits per heavy atom.